The third kappa shape index (κ3) is 3.19. The van der Waals surface area contributed by atoms with Gasteiger partial charge in [0.05, 0.1) is 5.02 Å². The van der Waals surface area contributed by atoms with Crippen molar-refractivity contribution in [1.29, 1.82) is 0 Å². The minimum Gasteiger partial charge on any atom is -0.432 e. The third-order valence-corrected chi connectivity index (χ3v) is 3.04. The number of hydrogen-bond donors (Lipinski definition) is 0. The summed E-state index contributed by atoms with van der Waals surface area (Å²) in [5, 5.41) is -0.253. The number of ether oxygens (including phenoxy) is 1. The van der Waals surface area contributed by atoms with Crippen molar-refractivity contribution in [2.24, 2.45) is 0 Å². The highest BCUT2D eigenvalue weighted by Crippen LogP contribution is 2.34. The molecule has 0 N–H and O–H groups in total. The summed E-state index contributed by atoms with van der Waals surface area (Å²) < 4.78 is 49.8. The van der Waals surface area contributed by atoms with Crippen molar-refractivity contribution in [3.63, 3.8) is 0 Å². The monoisotopic (exact) mass is 276 g/mol. The number of alkyl halides is 2. The van der Waals surface area contributed by atoms with Gasteiger partial charge in [-0.15, -0.1) is 0 Å². The van der Waals surface area contributed by atoms with E-state index in [1.54, 1.807) is 0 Å². The molecule has 3 nitrogen and oxygen atoms in total. The Balaban J connectivity index is 3.33. The van der Waals surface area contributed by atoms with Crippen LogP contribution in [0, 0.1) is 0 Å². The molecule has 0 spiro atoms. The average Bonchev–Trinajstić information content (AvgIpc) is 2.05. The largest absolute Gasteiger partial charge is 0.432 e. The number of para-hydroxylation sites is 1. The van der Waals surface area contributed by atoms with Crippen molar-refractivity contribution in [1.82, 2.24) is 0 Å². The van der Waals surface area contributed by atoms with Crippen LogP contribution in [0.5, 0.6) is 5.75 Å². The van der Waals surface area contributed by atoms with Gasteiger partial charge >= 0.3 is 6.61 Å². The first-order valence-corrected chi connectivity index (χ1v) is 6.19. The molecular formula is C7H4Cl2F2O3S. The Morgan fingerprint density at radius 2 is 1.93 bits per heavy atom. The molecule has 0 aromatic heterocycles. The van der Waals surface area contributed by atoms with Gasteiger partial charge in [-0.3, -0.25) is 0 Å². The van der Waals surface area contributed by atoms with Crippen LogP contribution in [0.1, 0.15) is 0 Å². The van der Waals surface area contributed by atoms with Crippen LogP contribution in [-0.4, -0.2) is 15.0 Å². The molecule has 0 atom stereocenters. The Morgan fingerprint density at radius 1 is 1.33 bits per heavy atom. The first-order chi connectivity index (χ1) is 6.82. The molecule has 0 amide bonds. The minimum atomic E-state index is -4.17. The molecule has 0 bridgehead atoms. The molecule has 0 heterocycles. The van der Waals surface area contributed by atoms with Gasteiger partial charge in [0.1, 0.15) is 4.90 Å². The standard InChI is InChI=1S/C7H4Cl2F2O3S/c8-4-2-1-3-5(15(9,12)13)6(4)14-7(10)11/h1-3,7H. The maximum atomic E-state index is 11.9. The van der Waals surface area contributed by atoms with E-state index in [-0.39, 0.29) is 5.02 Å². The molecule has 0 radical (unpaired) electrons. The van der Waals surface area contributed by atoms with E-state index < -0.39 is 26.3 Å². The van der Waals surface area contributed by atoms with Gasteiger partial charge in [0.25, 0.3) is 9.05 Å². The fourth-order valence-electron chi connectivity index (χ4n) is 0.885. The van der Waals surface area contributed by atoms with Crippen LogP contribution < -0.4 is 4.74 Å². The van der Waals surface area contributed by atoms with Gasteiger partial charge in [0.2, 0.25) is 0 Å². The molecule has 1 aromatic rings. The van der Waals surface area contributed by atoms with Gasteiger partial charge in [0.15, 0.2) is 5.75 Å². The lowest BCUT2D eigenvalue weighted by Gasteiger charge is -2.09. The molecule has 0 saturated heterocycles. The first-order valence-electron chi connectivity index (χ1n) is 3.50. The third-order valence-electron chi connectivity index (χ3n) is 1.40. The second kappa shape index (κ2) is 4.51. The maximum absolute atomic E-state index is 11.9. The SMILES string of the molecule is O=S(=O)(Cl)c1cccc(Cl)c1OC(F)F. The van der Waals surface area contributed by atoms with Crippen molar-refractivity contribution < 1.29 is 21.9 Å². The molecule has 0 aliphatic heterocycles. The topological polar surface area (TPSA) is 43.4 Å². The highest BCUT2D eigenvalue weighted by molar-refractivity contribution is 8.13. The van der Waals surface area contributed by atoms with Gasteiger partial charge < -0.3 is 4.74 Å². The molecule has 84 valence electrons. The molecule has 1 aromatic carbocycles. The Morgan fingerprint density at radius 3 is 2.40 bits per heavy atom. The van der Waals surface area contributed by atoms with E-state index in [2.05, 4.69) is 4.74 Å². The summed E-state index contributed by atoms with van der Waals surface area (Å²) in [6, 6.07) is 3.49. The predicted octanol–water partition coefficient (Wildman–Crippen LogP) is 2.87. The zero-order valence-electron chi connectivity index (χ0n) is 6.95. The highest BCUT2D eigenvalue weighted by atomic mass is 35.7. The highest BCUT2D eigenvalue weighted by Gasteiger charge is 2.21. The fraction of sp³-hybridized carbons (Fsp3) is 0.143. The number of benzene rings is 1. The van der Waals surface area contributed by atoms with Crippen LogP contribution in [0.4, 0.5) is 8.78 Å². The van der Waals surface area contributed by atoms with Gasteiger partial charge in [-0.05, 0) is 12.1 Å². The lowest BCUT2D eigenvalue weighted by Crippen LogP contribution is -2.06. The number of halogens is 4. The van der Waals surface area contributed by atoms with E-state index in [4.69, 9.17) is 22.3 Å². The summed E-state index contributed by atoms with van der Waals surface area (Å²) in [5.41, 5.74) is 0. The molecule has 0 unspecified atom stereocenters. The minimum absolute atomic E-state index is 0.253. The summed E-state index contributed by atoms with van der Waals surface area (Å²) in [6.07, 6.45) is 0. The number of rotatable bonds is 3. The van der Waals surface area contributed by atoms with E-state index in [9.17, 15) is 17.2 Å². The molecule has 0 aliphatic carbocycles. The van der Waals surface area contributed by atoms with Crippen molar-refractivity contribution in [2.45, 2.75) is 11.5 Å². The first kappa shape index (κ1) is 12.5. The van der Waals surface area contributed by atoms with Crippen LogP contribution in [-0.2, 0) is 9.05 Å². The van der Waals surface area contributed by atoms with Crippen LogP contribution in [0.15, 0.2) is 23.1 Å². The molecule has 0 aliphatic rings. The molecule has 0 fully saturated rings. The van der Waals surface area contributed by atoms with Crippen molar-refractivity contribution in [3.8, 4) is 5.75 Å². The summed E-state index contributed by atoms with van der Waals surface area (Å²) >= 11 is 5.50. The van der Waals surface area contributed by atoms with Gasteiger partial charge in [-0.2, -0.15) is 8.78 Å². The molecule has 0 saturated carbocycles. The van der Waals surface area contributed by atoms with Gasteiger partial charge in [0, 0.05) is 10.7 Å². The van der Waals surface area contributed by atoms with Crippen molar-refractivity contribution in [3.05, 3.63) is 23.2 Å². The Kier molecular flexibility index (Phi) is 3.75. The van der Waals surface area contributed by atoms with Crippen LogP contribution in [0.3, 0.4) is 0 Å². The van der Waals surface area contributed by atoms with E-state index in [0.29, 0.717) is 0 Å². The van der Waals surface area contributed by atoms with Gasteiger partial charge in [-0.1, -0.05) is 17.7 Å². The summed E-state index contributed by atoms with van der Waals surface area (Å²) in [6.45, 7) is -3.18. The quantitative estimate of drug-likeness (QED) is 0.798. The average molecular weight is 277 g/mol. The van der Waals surface area contributed by atoms with Crippen LogP contribution in [0.2, 0.25) is 5.02 Å². The Hall–Kier alpha value is -0.590. The zero-order chi connectivity index (χ0) is 11.6. The van der Waals surface area contributed by atoms with Crippen molar-refractivity contribution >= 4 is 31.3 Å². The second-order valence-corrected chi connectivity index (χ2v) is 5.33. The van der Waals surface area contributed by atoms with E-state index in [1.807, 2.05) is 0 Å². The van der Waals surface area contributed by atoms with Gasteiger partial charge in [-0.25, -0.2) is 8.42 Å². The summed E-state index contributed by atoms with van der Waals surface area (Å²) in [5.74, 6) is -0.649. The lowest BCUT2D eigenvalue weighted by atomic mass is 10.3. The fourth-order valence-corrected chi connectivity index (χ4v) is 2.14. The molecular weight excluding hydrogens is 273 g/mol. The Labute approximate surface area is 94.0 Å². The molecule has 8 heteroatoms. The van der Waals surface area contributed by atoms with Crippen LogP contribution in [0.25, 0.3) is 0 Å². The maximum Gasteiger partial charge on any atom is 0.387 e. The Bertz CT molecular complexity index is 461. The summed E-state index contributed by atoms with van der Waals surface area (Å²) in [7, 11) is 0.836. The van der Waals surface area contributed by atoms with E-state index in [0.717, 1.165) is 6.07 Å². The smallest absolute Gasteiger partial charge is 0.387 e. The molecule has 15 heavy (non-hydrogen) atoms. The van der Waals surface area contributed by atoms with Crippen LogP contribution >= 0.6 is 22.3 Å². The second-order valence-electron chi connectivity index (χ2n) is 2.38. The number of hydrogen-bond acceptors (Lipinski definition) is 3. The molecule has 1 rings (SSSR count). The van der Waals surface area contributed by atoms with E-state index in [1.165, 1.54) is 12.1 Å². The summed E-state index contributed by atoms with van der Waals surface area (Å²) in [4.78, 5) is -0.586. The van der Waals surface area contributed by atoms with E-state index >= 15 is 0 Å². The lowest BCUT2D eigenvalue weighted by molar-refractivity contribution is -0.0516. The predicted molar refractivity (Wildman–Crippen MR) is 51.1 cm³/mol. The normalized spacial score (nSPS) is 11.8. The zero-order valence-corrected chi connectivity index (χ0v) is 9.28. The van der Waals surface area contributed by atoms with Crippen molar-refractivity contribution in [2.75, 3.05) is 0 Å².